The van der Waals surface area contributed by atoms with E-state index in [9.17, 15) is 9.18 Å². The zero-order valence-corrected chi connectivity index (χ0v) is 17.7. The van der Waals surface area contributed by atoms with E-state index in [1.165, 1.54) is 23.2 Å². The van der Waals surface area contributed by atoms with Gasteiger partial charge in [0.1, 0.15) is 33.7 Å². The fourth-order valence-corrected chi connectivity index (χ4v) is 4.11. The van der Waals surface area contributed by atoms with Gasteiger partial charge in [0.25, 0.3) is 5.91 Å². The molecule has 0 bridgehead atoms. The van der Waals surface area contributed by atoms with Crippen LogP contribution < -0.4 is 4.74 Å². The largest absolute Gasteiger partial charge is 0.494 e. The molecular weight excluding hydrogens is 433 g/mol. The molecule has 1 amide bonds. The van der Waals surface area contributed by atoms with Crippen LogP contribution >= 0.6 is 11.6 Å². The van der Waals surface area contributed by atoms with Gasteiger partial charge in [-0.25, -0.2) is 14.4 Å². The number of aromatic nitrogens is 1. The number of halogens is 2. The Morgan fingerprint density at radius 1 is 1.19 bits per heavy atom. The second-order valence-corrected chi connectivity index (χ2v) is 7.66. The number of nitrogens with zero attached hydrogens (tertiary/aromatic N) is 3. The monoisotopic (exact) mass is 449 g/mol. The summed E-state index contributed by atoms with van der Waals surface area (Å²) in [5.74, 6) is 0.205. The van der Waals surface area contributed by atoms with Crippen LogP contribution in [0.1, 0.15) is 34.1 Å². The van der Waals surface area contributed by atoms with Crippen molar-refractivity contribution >= 4 is 34.1 Å². The van der Waals surface area contributed by atoms with Crippen LogP contribution in [0, 0.1) is 5.82 Å². The molecule has 0 radical (unpaired) electrons. The average Bonchev–Trinajstić information content (AvgIpc) is 3.48. The third kappa shape index (κ3) is 3.50. The molecule has 1 aliphatic heterocycles. The molecule has 3 heterocycles. The first-order chi connectivity index (χ1) is 15.5. The van der Waals surface area contributed by atoms with E-state index >= 15 is 0 Å². The number of fused-ring (bicyclic) bond motifs is 1. The predicted octanol–water partition coefficient (Wildman–Crippen LogP) is 5.62. The van der Waals surface area contributed by atoms with Gasteiger partial charge in [-0.3, -0.25) is 4.79 Å². The number of carbonyl (C=O) groups excluding carboxylic acids is 1. The summed E-state index contributed by atoms with van der Waals surface area (Å²) in [5, 5.41) is 6.89. The van der Waals surface area contributed by atoms with E-state index in [1.807, 2.05) is 18.2 Å². The van der Waals surface area contributed by atoms with Crippen molar-refractivity contribution in [2.45, 2.75) is 12.5 Å². The highest BCUT2D eigenvalue weighted by molar-refractivity contribution is 6.30. The fraction of sp³-hybridized carbons (Fsp3) is 0.125. The van der Waals surface area contributed by atoms with Gasteiger partial charge in [0.05, 0.1) is 19.4 Å². The zero-order valence-electron chi connectivity index (χ0n) is 17.0. The number of methoxy groups -OCH3 is 1. The minimum Gasteiger partial charge on any atom is -0.494 e. The third-order valence-corrected chi connectivity index (χ3v) is 5.67. The van der Waals surface area contributed by atoms with Gasteiger partial charge in [-0.15, -0.1) is 0 Å². The Balaban J connectivity index is 1.61. The Morgan fingerprint density at radius 2 is 2.03 bits per heavy atom. The molecule has 0 saturated heterocycles. The predicted molar refractivity (Wildman–Crippen MR) is 118 cm³/mol. The van der Waals surface area contributed by atoms with E-state index in [0.717, 1.165) is 5.39 Å². The molecule has 0 spiro atoms. The zero-order chi connectivity index (χ0) is 22.2. The summed E-state index contributed by atoms with van der Waals surface area (Å²) in [4.78, 5) is 17.8. The molecule has 4 aromatic rings. The van der Waals surface area contributed by atoms with Crippen molar-refractivity contribution in [1.82, 2.24) is 9.99 Å². The van der Waals surface area contributed by atoms with Crippen molar-refractivity contribution in [3.8, 4) is 5.75 Å². The van der Waals surface area contributed by atoms with E-state index in [0.29, 0.717) is 34.7 Å². The van der Waals surface area contributed by atoms with Gasteiger partial charge in [-0.1, -0.05) is 29.8 Å². The van der Waals surface area contributed by atoms with Gasteiger partial charge in [0.2, 0.25) is 0 Å². The van der Waals surface area contributed by atoms with Crippen molar-refractivity contribution in [1.29, 1.82) is 0 Å². The summed E-state index contributed by atoms with van der Waals surface area (Å²) < 4.78 is 24.7. The number of hydrogen-bond donors (Lipinski definition) is 0. The van der Waals surface area contributed by atoms with E-state index in [2.05, 4.69) is 10.1 Å². The molecule has 2 aromatic heterocycles. The number of amides is 1. The van der Waals surface area contributed by atoms with Crippen molar-refractivity contribution in [2.75, 3.05) is 7.11 Å². The van der Waals surface area contributed by atoms with E-state index < -0.39 is 17.8 Å². The smallest absolute Gasteiger partial charge is 0.274 e. The fourth-order valence-electron chi connectivity index (χ4n) is 3.85. The van der Waals surface area contributed by atoms with E-state index in [4.69, 9.17) is 20.8 Å². The van der Waals surface area contributed by atoms with Crippen molar-refractivity contribution in [3.05, 3.63) is 94.8 Å². The SMILES string of the molecule is COc1cccc2cc(C3CC(c4ccco4)=NN3C(=O)c3cccc(F)c3)c(Cl)nc12. The number of carbonyl (C=O) groups is 1. The maximum Gasteiger partial charge on any atom is 0.274 e. The molecule has 0 saturated carbocycles. The standard InChI is InChI=1S/C24H17ClFN3O3/c1-31-21-8-3-5-14-12-17(23(25)27-22(14)21)19-13-18(20-9-4-10-32-20)28-29(19)24(30)15-6-2-7-16(26)11-15/h2-12,19H,13H2,1H3. The first-order valence-corrected chi connectivity index (χ1v) is 10.3. The van der Waals surface area contributed by atoms with Gasteiger partial charge >= 0.3 is 0 Å². The van der Waals surface area contributed by atoms with Crippen molar-refractivity contribution in [3.63, 3.8) is 0 Å². The van der Waals surface area contributed by atoms with Crippen LogP contribution in [0.5, 0.6) is 5.75 Å². The molecule has 32 heavy (non-hydrogen) atoms. The first-order valence-electron chi connectivity index (χ1n) is 9.89. The maximum atomic E-state index is 13.8. The molecule has 0 fully saturated rings. The summed E-state index contributed by atoms with van der Waals surface area (Å²) in [6.07, 6.45) is 1.91. The summed E-state index contributed by atoms with van der Waals surface area (Å²) in [5.41, 5.74) is 2.02. The number of furan rings is 1. The number of rotatable bonds is 4. The van der Waals surface area contributed by atoms with E-state index in [1.54, 1.807) is 37.6 Å². The summed E-state index contributed by atoms with van der Waals surface area (Å²) >= 11 is 6.59. The number of ether oxygens (including phenoxy) is 1. The Kier molecular flexibility index (Phi) is 5.11. The molecule has 1 aliphatic rings. The lowest BCUT2D eigenvalue weighted by Gasteiger charge is -2.23. The molecule has 5 rings (SSSR count). The number of hydrogen-bond acceptors (Lipinski definition) is 5. The van der Waals surface area contributed by atoms with Crippen molar-refractivity contribution < 1.29 is 18.3 Å². The molecule has 1 unspecified atom stereocenters. The van der Waals surface area contributed by atoms with Gasteiger partial charge in [0, 0.05) is 22.9 Å². The van der Waals surface area contributed by atoms with Crippen LogP contribution in [0.2, 0.25) is 5.15 Å². The Morgan fingerprint density at radius 3 is 2.78 bits per heavy atom. The second kappa shape index (κ2) is 8.09. The summed E-state index contributed by atoms with van der Waals surface area (Å²) in [7, 11) is 1.57. The number of hydrazone groups is 1. The average molecular weight is 450 g/mol. The minimum absolute atomic E-state index is 0.186. The lowest BCUT2D eigenvalue weighted by molar-refractivity contribution is 0.0710. The molecule has 160 valence electrons. The van der Waals surface area contributed by atoms with Gasteiger partial charge in [-0.2, -0.15) is 5.10 Å². The Labute approximate surface area is 187 Å². The molecule has 6 nitrogen and oxygen atoms in total. The molecule has 0 aliphatic carbocycles. The van der Waals surface area contributed by atoms with Gasteiger partial charge in [0.15, 0.2) is 0 Å². The lowest BCUT2D eigenvalue weighted by atomic mass is 10.00. The molecular formula is C24H17ClFN3O3. The highest BCUT2D eigenvalue weighted by Crippen LogP contribution is 2.39. The number of pyridine rings is 1. The molecule has 8 heteroatoms. The first kappa shape index (κ1) is 20.2. The van der Waals surface area contributed by atoms with Crippen LogP contribution in [-0.2, 0) is 0 Å². The quantitative estimate of drug-likeness (QED) is 0.379. The molecule has 1 atom stereocenters. The highest BCUT2D eigenvalue weighted by atomic mass is 35.5. The van der Waals surface area contributed by atoms with Crippen LogP contribution in [0.3, 0.4) is 0 Å². The molecule has 2 aromatic carbocycles. The topological polar surface area (TPSA) is 67.9 Å². The number of para-hydroxylation sites is 1. The van der Waals surface area contributed by atoms with Crippen LogP contribution in [0.25, 0.3) is 10.9 Å². The van der Waals surface area contributed by atoms with E-state index in [-0.39, 0.29) is 10.7 Å². The minimum atomic E-state index is -0.540. The third-order valence-electron chi connectivity index (χ3n) is 5.36. The van der Waals surface area contributed by atoms with Gasteiger partial charge in [-0.05, 0) is 42.5 Å². The van der Waals surface area contributed by atoms with Crippen LogP contribution in [0.15, 0.2) is 76.4 Å². The Hall–Kier alpha value is -3.71. The highest BCUT2D eigenvalue weighted by Gasteiger charge is 2.36. The maximum absolute atomic E-state index is 13.8. The molecule has 0 N–H and O–H groups in total. The summed E-state index contributed by atoms with van der Waals surface area (Å²) in [6, 6.07) is 15.9. The summed E-state index contributed by atoms with van der Waals surface area (Å²) in [6.45, 7) is 0. The van der Waals surface area contributed by atoms with Gasteiger partial charge < -0.3 is 9.15 Å². The lowest BCUT2D eigenvalue weighted by Crippen LogP contribution is -2.27. The Bertz CT molecular complexity index is 1350. The van der Waals surface area contributed by atoms with Crippen molar-refractivity contribution in [2.24, 2.45) is 5.10 Å². The normalized spacial score (nSPS) is 15.8. The number of benzene rings is 2. The van der Waals surface area contributed by atoms with Crippen LogP contribution in [0.4, 0.5) is 4.39 Å². The second-order valence-electron chi connectivity index (χ2n) is 7.30. The van der Waals surface area contributed by atoms with Crippen LogP contribution in [-0.4, -0.2) is 28.7 Å².